The van der Waals surface area contributed by atoms with E-state index in [-0.39, 0.29) is 12.3 Å². The summed E-state index contributed by atoms with van der Waals surface area (Å²) < 4.78 is 10.8. The standard InChI is InChI=1S/C19H20N4O3/c1-2-25-16-8-4-3-7-15(16)19-22-18(26-23-19)10-9-17(24)21-13-14-6-5-11-20-12-14/h3-8,11-12H,2,9-10,13H2,1H3,(H,21,24). The van der Waals surface area contributed by atoms with Gasteiger partial charge in [0.05, 0.1) is 12.2 Å². The summed E-state index contributed by atoms with van der Waals surface area (Å²) in [5.41, 5.74) is 1.72. The Morgan fingerprint density at radius 1 is 1.23 bits per heavy atom. The first-order chi connectivity index (χ1) is 12.8. The van der Waals surface area contributed by atoms with E-state index in [9.17, 15) is 4.79 Å². The first-order valence-corrected chi connectivity index (χ1v) is 8.46. The number of hydrogen-bond acceptors (Lipinski definition) is 6. The number of nitrogens with one attached hydrogen (secondary N) is 1. The predicted molar refractivity (Wildman–Crippen MR) is 95.3 cm³/mol. The number of nitrogens with zero attached hydrogens (tertiary/aromatic N) is 3. The van der Waals surface area contributed by atoms with Gasteiger partial charge in [-0.05, 0) is 30.7 Å². The molecule has 1 aromatic carbocycles. The van der Waals surface area contributed by atoms with Crippen molar-refractivity contribution in [1.82, 2.24) is 20.4 Å². The third-order valence-electron chi connectivity index (χ3n) is 3.67. The summed E-state index contributed by atoms with van der Waals surface area (Å²) in [5, 5.41) is 6.84. The molecule has 0 atom stereocenters. The number of aromatic nitrogens is 3. The Kier molecular flexibility index (Phi) is 5.92. The molecule has 3 rings (SSSR count). The molecule has 134 valence electrons. The Bertz CT molecular complexity index is 849. The molecule has 0 bridgehead atoms. The monoisotopic (exact) mass is 352 g/mol. The third kappa shape index (κ3) is 4.66. The van der Waals surface area contributed by atoms with Crippen LogP contribution in [-0.2, 0) is 17.8 Å². The fraction of sp³-hybridized carbons (Fsp3) is 0.263. The normalized spacial score (nSPS) is 10.5. The highest BCUT2D eigenvalue weighted by molar-refractivity contribution is 5.76. The molecule has 1 N–H and O–H groups in total. The Morgan fingerprint density at radius 2 is 2.12 bits per heavy atom. The average molecular weight is 352 g/mol. The molecule has 0 aliphatic rings. The zero-order valence-corrected chi connectivity index (χ0v) is 14.5. The van der Waals surface area contributed by atoms with Crippen LogP contribution in [0.15, 0.2) is 53.3 Å². The first kappa shape index (κ1) is 17.6. The van der Waals surface area contributed by atoms with Crippen molar-refractivity contribution < 1.29 is 14.1 Å². The molecule has 26 heavy (non-hydrogen) atoms. The molecule has 1 amide bonds. The van der Waals surface area contributed by atoms with E-state index in [0.717, 1.165) is 11.1 Å². The second-order valence-corrected chi connectivity index (χ2v) is 5.58. The molecule has 0 fully saturated rings. The number of rotatable bonds is 8. The van der Waals surface area contributed by atoms with Crippen molar-refractivity contribution in [2.75, 3.05) is 6.61 Å². The van der Waals surface area contributed by atoms with Gasteiger partial charge in [0, 0.05) is 31.8 Å². The maximum Gasteiger partial charge on any atom is 0.227 e. The third-order valence-corrected chi connectivity index (χ3v) is 3.67. The van der Waals surface area contributed by atoms with Crippen LogP contribution in [0.1, 0.15) is 24.8 Å². The van der Waals surface area contributed by atoms with Crippen LogP contribution in [0.2, 0.25) is 0 Å². The number of hydrogen-bond donors (Lipinski definition) is 1. The van der Waals surface area contributed by atoms with Crippen molar-refractivity contribution in [3.8, 4) is 17.1 Å². The van der Waals surface area contributed by atoms with Crippen molar-refractivity contribution in [3.63, 3.8) is 0 Å². The summed E-state index contributed by atoms with van der Waals surface area (Å²) >= 11 is 0. The lowest BCUT2D eigenvalue weighted by molar-refractivity contribution is -0.121. The summed E-state index contributed by atoms with van der Waals surface area (Å²) in [5.74, 6) is 1.50. The quantitative estimate of drug-likeness (QED) is 0.670. The van der Waals surface area contributed by atoms with E-state index in [2.05, 4.69) is 20.4 Å². The maximum absolute atomic E-state index is 12.0. The smallest absolute Gasteiger partial charge is 0.227 e. The van der Waals surface area contributed by atoms with Gasteiger partial charge >= 0.3 is 0 Å². The lowest BCUT2D eigenvalue weighted by atomic mass is 10.2. The van der Waals surface area contributed by atoms with Gasteiger partial charge in [-0.3, -0.25) is 9.78 Å². The fourth-order valence-corrected chi connectivity index (χ4v) is 2.41. The second-order valence-electron chi connectivity index (χ2n) is 5.58. The van der Waals surface area contributed by atoms with Gasteiger partial charge in [0.25, 0.3) is 0 Å². The van der Waals surface area contributed by atoms with Crippen LogP contribution in [0.25, 0.3) is 11.4 Å². The minimum absolute atomic E-state index is 0.0803. The zero-order valence-electron chi connectivity index (χ0n) is 14.5. The van der Waals surface area contributed by atoms with E-state index in [1.54, 1.807) is 12.4 Å². The molecule has 0 aliphatic carbocycles. The molecule has 3 aromatic rings. The molecule has 2 aromatic heterocycles. The number of pyridine rings is 1. The van der Waals surface area contributed by atoms with Gasteiger partial charge in [0.15, 0.2) is 0 Å². The zero-order chi connectivity index (χ0) is 18.2. The van der Waals surface area contributed by atoms with Gasteiger partial charge in [-0.15, -0.1) is 0 Å². The van der Waals surface area contributed by atoms with Gasteiger partial charge in [0.2, 0.25) is 17.6 Å². The number of aryl methyl sites for hydroxylation is 1. The number of amides is 1. The first-order valence-electron chi connectivity index (χ1n) is 8.46. The number of benzene rings is 1. The van der Waals surface area contributed by atoms with Gasteiger partial charge in [0.1, 0.15) is 5.75 Å². The average Bonchev–Trinajstić information content (AvgIpc) is 3.15. The van der Waals surface area contributed by atoms with E-state index in [0.29, 0.717) is 37.0 Å². The molecule has 0 saturated carbocycles. The summed E-state index contributed by atoms with van der Waals surface area (Å²) in [6.45, 7) is 2.92. The van der Waals surface area contributed by atoms with E-state index in [1.165, 1.54) is 0 Å². The summed E-state index contributed by atoms with van der Waals surface area (Å²) in [6.07, 6.45) is 4.07. The number of carbonyl (C=O) groups is 1. The van der Waals surface area contributed by atoms with Gasteiger partial charge in [-0.1, -0.05) is 23.4 Å². The lowest BCUT2D eigenvalue weighted by Crippen LogP contribution is -2.23. The lowest BCUT2D eigenvalue weighted by Gasteiger charge is -2.06. The highest BCUT2D eigenvalue weighted by atomic mass is 16.5. The minimum Gasteiger partial charge on any atom is -0.493 e. The van der Waals surface area contributed by atoms with Crippen molar-refractivity contribution in [2.45, 2.75) is 26.3 Å². The molecule has 0 aliphatic heterocycles. The topological polar surface area (TPSA) is 90.1 Å². The summed E-state index contributed by atoms with van der Waals surface area (Å²) in [4.78, 5) is 20.3. The molecule has 0 spiro atoms. The molecule has 7 nitrogen and oxygen atoms in total. The van der Waals surface area contributed by atoms with E-state index in [4.69, 9.17) is 9.26 Å². The van der Waals surface area contributed by atoms with Crippen molar-refractivity contribution in [3.05, 3.63) is 60.2 Å². The van der Waals surface area contributed by atoms with E-state index < -0.39 is 0 Å². The molecule has 0 saturated heterocycles. The predicted octanol–water partition coefficient (Wildman–Crippen LogP) is 2.78. The highest BCUT2D eigenvalue weighted by Gasteiger charge is 2.14. The molecular formula is C19H20N4O3. The van der Waals surface area contributed by atoms with Gasteiger partial charge < -0.3 is 14.6 Å². The molecule has 0 radical (unpaired) electrons. The van der Waals surface area contributed by atoms with Gasteiger partial charge in [-0.25, -0.2) is 0 Å². The summed E-state index contributed by atoms with van der Waals surface area (Å²) in [7, 11) is 0. The van der Waals surface area contributed by atoms with Crippen LogP contribution in [0.4, 0.5) is 0 Å². The maximum atomic E-state index is 12.0. The summed E-state index contributed by atoms with van der Waals surface area (Å²) in [6, 6.07) is 11.3. The minimum atomic E-state index is -0.0803. The molecule has 0 unspecified atom stereocenters. The molecule has 7 heteroatoms. The SMILES string of the molecule is CCOc1ccccc1-c1noc(CCC(=O)NCc2cccnc2)n1. The van der Waals surface area contributed by atoms with E-state index in [1.807, 2.05) is 43.3 Å². The van der Waals surface area contributed by atoms with Crippen LogP contribution in [0, 0.1) is 0 Å². The Morgan fingerprint density at radius 3 is 2.92 bits per heavy atom. The van der Waals surface area contributed by atoms with Gasteiger partial charge in [-0.2, -0.15) is 4.98 Å². The van der Waals surface area contributed by atoms with Crippen molar-refractivity contribution >= 4 is 5.91 Å². The van der Waals surface area contributed by atoms with Crippen LogP contribution in [-0.4, -0.2) is 27.6 Å². The number of para-hydroxylation sites is 1. The molecular weight excluding hydrogens is 332 g/mol. The highest BCUT2D eigenvalue weighted by Crippen LogP contribution is 2.27. The van der Waals surface area contributed by atoms with Crippen LogP contribution in [0.5, 0.6) is 5.75 Å². The Balaban J connectivity index is 1.55. The molecule has 2 heterocycles. The van der Waals surface area contributed by atoms with Crippen LogP contribution >= 0.6 is 0 Å². The van der Waals surface area contributed by atoms with E-state index >= 15 is 0 Å². The Hall–Kier alpha value is -3.22. The second kappa shape index (κ2) is 8.75. The number of ether oxygens (including phenoxy) is 1. The van der Waals surface area contributed by atoms with Crippen LogP contribution in [0.3, 0.4) is 0 Å². The van der Waals surface area contributed by atoms with Crippen molar-refractivity contribution in [1.29, 1.82) is 0 Å². The fourth-order valence-electron chi connectivity index (χ4n) is 2.41. The largest absolute Gasteiger partial charge is 0.493 e. The number of carbonyl (C=O) groups excluding carboxylic acids is 1. The van der Waals surface area contributed by atoms with Crippen molar-refractivity contribution in [2.24, 2.45) is 0 Å². The van der Waals surface area contributed by atoms with Crippen LogP contribution < -0.4 is 10.1 Å². The Labute approximate surface area is 151 Å².